The molecule has 0 radical (unpaired) electrons. The number of rotatable bonds is 3. The Morgan fingerprint density at radius 1 is 1.15 bits per heavy atom. The normalized spacial score (nSPS) is 11.2. The number of nitrogens with zero attached hydrogens (tertiary/aromatic N) is 1. The van der Waals surface area contributed by atoms with Gasteiger partial charge in [-0.25, -0.2) is 0 Å². The van der Waals surface area contributed by atoms with Gasteiger partial charge in [-0.1, -0.05) is 12.1 Å². The van der Waals surface area contributed by atoms with Crippen LogP contribution in [0.4, 0.5) is 0 Å². The van der Waals surface area contributed by atoms with Crippen LogP contribution in [0.15, 0.2) is 41.4 Å². The maximum atomic E-state index is 4.43. The summed E-state index contributed by atoms with van der Waals surface area (Å²) in [5, 5.41) is 1.24. The number of aryl methyl sites for hydroxylation is 2. The van der Waals surface area contributed by atoms with Crippen molar-refractivity contribution in [3.63, 3.8) is 0 Å². The monoisotopic (exact) mass is 282 g/mol. The number of H-pyrrole nitrogens is 1. The molecule has 2 aromatic heterocycles. The second-order valence-electron chi connectivity index (χ2n) is 5.12. The molecule has 3 heteroatoms. The lowest BCUT2D eigenvalue weighted by molar-refractivity contribution is 1.14. The van der Waals surface area contributed by atoms with Gasteiger partial charge in [0.1, 0.15) is 0 Å². The Bertz CT molecular complexity index is 742. The van der Waals surface area contributed by atoms with Crippen molar-refractivity contribution in [1.29, 1.82) is 0 Å². The van der Waals surface area contributed by atoms with E-state index in [1.807, 2.05) is 13.1 Å². The van der Waals surface area contributed by atoms with Crippen LogP contribution < -0.4 is 0 Å². The summed E-state index contributed by atoms with van der Waals surface area (Å²) in [6, 6.07) is 10.9. The Morgan fingerprint density at radius 2 is 1.90 bits per heavy atom. The Morgan fingerprint density at radius 3 is 2.60 bits per heavy atom. The van der Waals surface area contributed by atoms with Gasteiger partial charge in [0.25, 0.3) is 0 Å². The number of fused-ring (bicyclic) bond motifs is 1. The first-order chi connectivity index (χ1) is 9.67. The van der Waals surface area contributed by atoms with Crippen LogP contribution in [0.2, 0.25) is 0 Å². The van der Waals surface area contributed by atoms with Crippen molar-refractivity contribution < 1.29 is 0 Å². The minimum Gasteiger partial charge on any atom is -0.358 e. The highest BCUT2D eigenvalue weighted by Gasteiger charge is 2.09. The number of aromatic nitrogens is 2. The summed E-state index contributed by atoms with van der Waals surface area (Å²) in [5.74, 6) is 0. The Hall–Kier alpha value is -1.74. The average molecular weight is 282 g/mol. The molecular weight excluding hydrogens is 264 g/mol. The lowest BCUT2D eigenvalue weighted by Crippen LogP contribution is -1.90. The van der Waals surface area contributed by atoms with Crippen LogP contribution in [0.1, 0.15) is 22.5 Å². The quantitative estimate of drug-likeness (QED) is 0.717. The van der Waals surface area contributed by atoms with Gasteiger partial charge in [0.05, 0.1) is 0 Å². The molecule has 20 heavy (non-hydrogen) atoms. The summed E-state index contributed by atoms with van der Waals surface area (Å²) in [6.45, 7) is 4.16. The third-order valence-electron chi connectivity index (χ3n) is 3.68. The molecule has 0 aliphatic carbocycles. The highest BCUT2D eigenvalue weighted by atomic mass is 32.2. The molecule has 0 fully saturated rings. The standard InChI is InChI=1S/C17H18N2S/c1-11-8-17-16(10-18-11)15(12(2)19-17)9-13-4-6-14(20-3)7-5-13/h4-8,10,19H,9H2,1-3H3. The molecule has 0 aliphatic heterocycles. The Labute approximate surface area is 123 Å². The third kappa shape index (κ3) is 2.46. The van der Waals surface area contributed by atoms with Crippen molar-refractivity contribution in [3.05, 3.63) is 59.0 Å². The zero-order valence-corrected chi connectivity index (χ0v) is 12.8. The zero-order valence-electron chi connectivity index (χ0n) is 12.0. The van der Waals surface area contributed by atoms with E-state index in [2.05, 4.69) is 53.5 Å². The molecule has 0 saturated carbocycles. The SMILES string of the molecule is CSc1ccc(Cc2c(C)[nH]c3cc(C)ncc23)cc1. The molecule has 0 atom stereocenters. The first-order valence-corrected chi connectivity index (χ1v) is 7.96. The fourth-order valence-corrected chi connectivity index (χ4v) is 2.97. The third-order valence-corrected chi connectivity index (χ3v) is 4.42. The van der Waals surface area contributed by atoms with Crippen LogP contribution in [-0.4, -0.2) is 16.2 Å². The van der Waals surface area contributed by atoms with Crippen LogP contribution in [0, 0.1) is 13.8 Å². The van der Waals surface area contributed by atoms with Crippen molar-refractivity contribution in [1.82, 2.24) is 9.97 Å². The minimum atomic E-state index is 0.950. The fraction of sp³-hybridized carbons (Fsp3) is 0.235. The van der Waals surface area contributed by atoms with Crippen LogP contribution >= 0.6 is 11.8 Å². The van der Waals surface area contributed by atoms with Crippen molar-refractivity contribution in [2.75, 3.05) is 6.26 Å². The van der Waals surface area contributed by atoms with Crippen LogP contribution in [-0.2, 0) is 6.42 Å². The smallest absolute Gasteiger partial charge is 0.0492 e. The molecule has 0 bridgehead atoms. The van der Waals surface area contributed by atoms with Crippen molar-refractivity contribution in [3.8, 4) is 0 Å². The molecule has 0 spiro atoms. The van der Waals surface area contributed by atoms with Gasteiger partial charge >= 0.3 is 0 Å². The van der Waals surface area contributed by atoms with Gasteiger partial charge in [0.15, 0.2) is 0 Å². The van der Waals surface area contributed by atoms with Gasteiger partial charge in [-0.3, -0.25) is 4.98 Å². The van der Waals surface area contributed by atoms with Gasteiger partial charge < -0.3 is 4.98 Å². The number of hydrogen-bond donors (Lipinski definition) is 1. The summed E-state index contributed by atoms with van der Waals surface area (Å²) in [7, 11) is 0. The lowest BCUT2D eigenvalue weighted by atomic mass is 10.0. The van der Waals surface area contributed by atoms with E-state index in [0.29, 0.717) is 0 Å². The van der Waals surface area contributed by atoms with Gasteiger partial charge in [0, 0.05) is 33.4 Å². The second kappa shape index (κ2) is 5.33. The molecule has 2 heterocycles. The highest BCUT2D eigenvalue weighted by molar-refractivity contribution is 7.98. The molecule has 0 aliphatic rings. The number of hydrogen-bond acceptors (Lipinski definition) is 2. The molecule has 3 rings (SSSR count). The summed E-state index contributed by atoms with van der Waals surface area (Å²) < 4.78 is 0. The predicted molar refractivity (Wildman–Crippen MR) is 86.6 cm³/mol. The summed E-state index contributed by atoms with van der Waals surface area (Å²) in [6.07, 6.45) is 5.04. The summed E-state index contributed by atoms with van der Waals surface area (Å²) in [4.78, 5) is 9.20. The Balaban J connectivity index is 1.99. The van der Waals surface area contributed by atoms with E-state index in [-0.39, 0.29) is 0 Å². The second-order valence-corrected chi connectivity index (χ2v) is 6.00. The van der Waals surface area contributed by atoms with Gasteiger partial charge in [-0.15, -0.1) is 11.8 Å². The van der Waals surface area contributed by atoms with Gasteiger partial charge in [-0.05, 0) is 55.9 Å². The maximum absolute atomic E-state index is 4.43. The number of thioether (sulfide) groups is 1. The van der Waals surface area contributed by atoms with E-state index in [1.54, 1.807) is 11.8 Å². The van der Waals surface area contributed by atoms with E-state index in [1.165, 1.54) is 32.6 Å². The summed E-state index contributed by atoms with van der Waals surface area (Å²) >= 11 is 1.78. The number of benzene rings is 1. The van der Waals surface area contributed by atoms with Crippen molar-refractivity contribution >= 4 is 22.7 Å². The molecule has 0 saturated heterocycles. The van der Waals surface area contributed by atoms with Crippen LogP contribution in [0.25, 0.3) is 10.9 Å². The molecule has 1 aromatic carbocycles. The van der Waals surface area contributed by atoms with E-state index in [4.69, 9.17) is 0 Å². The van der Waals surface area contributed by atoms with Crippen molar-refractivity contribution in [2.24, 2.45) is 0 Å². The average Bonchev–Trinajstić information content (AvgIpc) is 2.75. The van der Waals surface area contributed by atoms with E-state index in [0.717, 1.165) is 12.1 Å². The molecule has 0 unspecified atom stereocenters. The number of pyridine rings is 1. The molecule has 102 valence electrons. The van der Waals surface area contributed by atoms with Gasteiger partial charge in [-0.2, -0.15) is 0 Å². The van der Waals surface area contributed by atoms with Crippen LogP contribution in [0.5, 0.6) is 0 Å². The Kier molecular flexibility index (Phi) is 3.53. The number of nitrogens with one attached hydrogen (secondary N) is 1. The number of aromatic amines is 1. The molecule has 2 nitrogen and oxygen atoms in total. The highest BCUT2D eigenvalue weighted by Crippen LogP contribution is 2.25. The zero-order chi connectivity index (χ0) is 14.1. The van der Waals surface area contributed by atoms with Crippen LogP contribution in [0.3, 0.4) is 0 Å². The first kappa shape index (κ1) is 13.3. The van der Waals surface area contributed by atoms with E-state index >= 15 is 0 Å². The molecular formula is C17H18N2S. The van der Waals surface area contributed by atoms with Crippen molar-refractivity contribution in [2.45, 2.75) is 25.2 Å². The van der Waals surface area contributed by atoms with E-state index < -0.39 is 0 Å². The van der Waals surface area contributed by atoms with E-state index in [9.17, 15) is 0 Å². The predicted octanol–water partition coefficient (Wildman–Crippen LogP) is 4.49. The summed E-state index contributed by atoms with van der Waals surface area (Å²) in [5.41, 5.74) is 6.17. The maximum Gasteiger partial charge on any atom is 0.0492 e. The minimum absolute atomic E-state index is 0.950. The molecule has 3 aromatic rings. The first-order valence-electron chi connectivity index (χ1n) is 6.74. The largest absolute Gasteiger partial charge is 0.358 e. The molecule has 0 amide bonds. The lowest BCUT2D eigenvalue weighted by Gasteiger charge is -2.04. The molecule has 1 N–H and O–H groups in total. The fourth-order valence-electron chi connectivity index (χ4n) is 2.56. The topological polar surface area (TPSA) is 28.7 Å². The van der Waals surface area contributed by atoms with Gasteiger partial charge in [0.2, 0.25) is 0 Å².